The molecule has 2 atom stereocenters. The fraction of sp³-hybridized carbons (Fsp3) is 0.238. The van der Waals surface area contributed by atoms with Crippen molar-refractivity contribution in [3.05, 3.63) is 51.9 Å². The number of methoxy groups -OCH3 is 2. The summed E-state index contributed by atoms with van der Waals surface area (Å²) in [6, 6.07) is 8.48. The topological polar surface area (TPSA) is 41.4 Å². The third-order valence-electron chi connectivity index (χ3n) is 5.37. The molecule has 5 rings (SSSR count). The molecule has 0 aromatic heterocycles. The van der Waals surface area contributed by atoms with E-state index < -0.39 is 0 Å². The minimum atomic E-state index is 0.204. The van der Waals surface area contributed by atoms with Crippen LogP contribution in [0.4, 0.5) is 0 Å². The number of hydrogen-bond donors (Lipinski definition) is 1. The van der Waals surface area contributed by atoms with Gasteiger partial charge in [-0.2, -0.15) is 0 Å². The zero-order valence-electron chi connectivity index (χ0n) is 15.0. The summed E-state index contributed by atoms with van der Waals surface area (Å²) < 4.78 is 22.3. The van der Waals surface area contributed by atoms with Crippen molar-refractivity contribution in [2.75, 3.05) is 28.1 Å². The van der Waals surface area contributed by atoms with Gasteiger partial charge in [0.1, 0.15) is 12.2 Å². The maximum Gasteiger partial charge on any atom is 0.231 e. The zero-order valence-corrected chi connectivity index (χ0v) is 15.0. The second-order valence-corrected chi connectivity index (χ2v) is 6.71. The molecule has 5 nitrogen and oxygen atoms in total. The molecular weight excluding hydrogens is 330 g/mol. The smallest absolute Gasteiger partial charge is 0.231 e. The molecule has 5 heteroatoms. The molecule has 2 heterocycles. The molecule has 0 amide bonds. The maximum absolute atomic E-state index is 5.65. The van der Waals surface area contributed by atoms with Crippen molar-refractivity contribution in [2.45, 2.75) is 6.04 Å². The first kappa shape index (κ1) is 15.3. The molecule has 132 valence electrons. The second kappa shape index (κ2) is 5.54. The Labute approximate surface area is 151 Å². The Hall–Kier alpha value is -2.92. The Morgan fingerprint density at radius 1 is 1.04 bits per heavy atom. The quantitative estimate of drug-likeness (QED) is 0.862. The van der Waals surface area contributed by atoms with Crippen LogP contribution in [0, 0.1) is 0 Å². The molecule has 0 radical (unpaired) electrons. The van der Waals surface area contributed by atoms with Gasteiger partial charge in [-0.15, -0.1) is 0 Å². The van der Waals surface area contributed by atoms with Crippen molar-refractivity contribution in [2.24, 2.45) is 0 Å². The van der Waals surface area contributed by atoms with E-state index in [0.717, 1.165) is 28.2 Å². The highest BCUT2D eigenvalue weighted by Gasteiger charge is 2.33. The van der Waals surface area contributed by atoms with E-state index in [1.165, 1.54) is 26.8 Å². The summed E-state index contributed by atoms with van der Waals surface area (Å²) >= 11 is 0. The van der Waals surface area contributed by atoms with Crippen molar-refractivity contribution in [1.82, 2.24) is 0 Å². The van der Waals surface area contributed by atoms with Gasteiger partial charge in [-0.05, 0) is 29.8 Å². The number of hydrogen-bond acceptors (Lipinski definition) is 4. The molecule has 0 bridgehead atoms. The van der Waals surface area contributed by atoms with Gasteiger partial charge in [-0.3, -0.25) is 0 Å². The summed E-state index contributed by atoms with van der Waals surface area (Å²) in [6.45, 7) is 0.290. The highest BCUT2D eigenvalue weighted by atomic mass is 16.7. The number of fused-ring (bicyclic) bond motifs is 5. The Balaban J connectivity index is 1.79. The van der Waals surface area contributed by atoms with E-state index in [0.29, 0.717) is 0 Å². The van der Waals surface area contributed by atoms with Crippen LogP contribution in [-0.2, 0) is 0 Å². The lowest BCUT2D eigenvalue weighted by Gasteiger charge is -2.30. The first-order valence-corrected chi connectivity index (χ1v) is 8.63. The number of quaternary nitrogens is 1. The maximum atomic E-state index is 5.65. The standard InChI is InChI=1S/C21H19NO4/c1-22-10-16-13(6-7-17(23-2)21(16)24-3)14-5-4-12-8-18-19(26-11-25-18)9-15(12)20(14)22/h4-10,20H,11H2,1-3H3/p+1. The number of ether oxygens (including phenoxy) is 4. The van der Waals surface area contributed by atoms with Crippen LogP contribution in [0.3, 0.4) is 0 Å². The predicted octanol–water partition coefficient (Wildman–Crippen LogP) is 0.618. The van der Waals surface area contributed by atoms with E-state index >= 15 is 0 Å². The number of benzene rings is 2. The molecule has 0 fully saturated rings. The average molecular weight is 350 g/mol. The third kappa shape index (κ3) is 2.01. The van der Waals surface area contributed by atoms with Crippen molar-refractivity contribution >= 4 is 17.8 Å². The van der Waals surface area contributed by atoms with Gasteiger partial charge < -0.3 is 23.8 Å². The molecule has 3 aliphatic rings. The first-order valence-electron chi connectivity index (χ1n) is 8.63. The molecule has 0 spiro atoms. The molecule has 1 aliphatic carbocycles. The Morgan fingerprint density at radius 2 is 1.85 bits per heavy atom. The van der Waals surface area contributed by atoms with Crippen LogP contribution >= 0.6 is 0 Å². The Morgan fingerprint density at radius 3 is 2.62 bits per heavy atom. The van der Waals surface area contributed by atoms with Gasteiger partial charge in [-0.25, -0.2) is 0 Å². The summed E-state index contributed by atoms with van der Waals surface area (Å²) in [7, 11) is 5.52. The summed E-state index contributed by atoms with van der Waals surface area (Å²) in [6.07, 6.45) is 6.57. The van der Waals surface area contributed by atoms with E-state index in [4.69, 9.17) is 18.9 Å². The van der Waals surface area contributed by atoms with Crippen LogP contribution in [0.15, 0.2) is 30.3 Å². The van der Waals surface area contributed by atoms with Crippen LogP contribution in [0.25, 0.3) is 17.8 Å². The van der Waals surface area contributed by atoms with Gasteiger partial charge in [0.05, 0.1) is 26.5 Å². The van der Waals surface area contributed by atoms with Gasteiger partial charge in [0, 0.05) is 16.4 Å². The molecule has 1 N–H and O–H groups in total. The molecular formula is C21H20NO4+. The van der Waals surface area contributed by atoms with Crippen molar-refractivity contribution < 1.29 is 23.8 Å². The van der Waals surface area contributed by atoms with Gasteiger partial charge in [0.25, 0.3) is 0 Å². The van der Waals surface area contributed by atoms with E-state index in [-0.39, 0.29) is 12.8 Å². The Kier molecular flexibility index (Phi) is 3.27. The van der Waals surface area contributed by atoms with Crippen molar-refractivity contribution in [3.8, 4) is 23.0 Å². The van der Waals surface area contributed by atoms with Gasteiger partial charge >= 0.3 is 0 Å². The second-order valence-electron chi connectivity index (χ2n) is 6.71. The fourth-order valence-corrected chi connectivity index (χ4v) is 4.20. The summed E-state index contributed by atoms with van der Waals surface area (Å²) in [5.74, 6) is 3.17. The van der Waals surface area contributed by atoms with Crippen molar-refractivity contribution in [1.29, 1.82) is 0 Å². The minimum absolute atomic E-state index is 0.204. The molecule has 2 aliphatic heterocycles. The summed E-state index contributed by atoms with van der Waals surface area (Å²) in [4.78, 5) is 1.27. The van der Waals surface area contributed by atoms with E-state index in [1.807, 2.05) is 6.07 Å². The summed E-state index contributed by atoms with van der Waals surface area (Å²) in [5, 5.41) is 2.25. The third-order valence-corrected chi connectivity index (χ3v) is 5.37. The summed E-state index contributed by atoms with van der Waals surface area (Å²) in [5.41, 5.74) is 3.70. The van der Waals surface area contributed by atoms with Crippen LogP contribution < -0.4 is 34.3 Å². The van der Waals surface area contributed by atoms with Crippen molar-refractivity contribution in [3.63, 3.8) is 0 Å². The van der Waals surface area contributed by atoms with Crippen LogP contribution in [0.2, 0.25) is 0 Å². The molecule has 2 unspecified atom stereocenters. The van der Waals surface area contributed by atoms with Gasteiger partial charge in [-0.1, -0.05) is 12.2 Å². The molecule has 26 heavy (non-hydrogen) atoms. The molecule has 0 saturated heterocycles. The normalized spacial score (nSPS) is 21.4. The average Bonchev–Trinajstić information content (AvgIpc) is 3.12. The van der Waals surface area contributed by atoms with Gasteiger partial charge in [0.15, 0.2) is 23.0 Å². The number of rotatable bonds is 2. The monoisotopic (exact) mass is 350 g/mol. The van der Waals surface area contributed by atoms with Crippen LogP contribution in [-0.4, -0.2) is 28.1 Å². The van der Waals surface area contributed by atoms with Crippen LogP contribution in [0.5, 0.6) is 23.0 Å². The Bertz CT molecular complexity index is 1070. The largest absolute Gasteiger partial charge is 0.493 e. The number of nitrogens with one attached hydrogen (secondary N) is 1. The minimum Gasteiger partial charge on any atom is -0.493 e. The zero-order chi connectivity index (χ0) is 17.8. The lowest BCUT2D eigenvalue weighted by atomic mass is 9.85. The fourth-order valence-electron chi connectivity index (χ4n) is 4.20. The first-order chi connectivity index (χ1) is 12.7. The lowest BCUT2D eigenvalue weighted by molar-refractivity contribution is -0.821. The van der Waals surface area contributed by atoms with E-state index in [2.05, 4.69) is 43.6 Å². The highest BCUT2D eigenvalue weighted by molar-refractivity contribution is 5.80. The molecule has 2 aromatic rings. The lowest BCUT2D eigenvalue weighted by Crippen LogP contribution is -3.06. The predicted molar refractivity (Wildman–Crippen MR) is 97.9 cm³/mol. The van der Waals surface area contributed by atoms with E-state index in [9.17, 15) is 0 Å². The van der Waals surface area contributed by atoms with Gasteiger partial charge in [0.2, 0.25) is 6.79 Å². The van der Waals surface area contributed by atoms with E-state index in [1.54, 1.807) is 14.2 Å². The molecule has 2 aromatic carbocycles. The molecule has 0 saturated carbocycles. The SMILES string of the molecule is COc1ccc2c(c1OC)=C[NH+](C)C1C=2C=Cc2cc3c(cc21)OCO3. The van der Waals surface area contributed by atoms with Crippen LogP contribution in [0.1, 0.15) is 17.2 Å². The highest BCUT2D eigenvalue weighted by Crippen LogP contribution is 2.40.